The molecule has 0 amide bonds. The molecule has 0 heterocycles. The number of aliphatic hydroxyl groups excluding tert-OH is 1. The highest BCUT2D eigenvalue weighted by Gasteiger charge is 1.96. The van der Waals surface area contributed by atoms with Crippen molar-refractivity contribution in [1.29, 1.82) is 0 Å². The predicted octanol–water partition coefficient (Wildman–Crippen LogP) is 3.25. The molecule has 1 heteroatoms. The van der Waals surface area contributed by atoms with Crippen LogP contribution in [-0.4, -0.2) is 11.2 Å². The molecule has 0 spiro atoms. The first-order valence-electron chi connectivity index (χ1n) is 5.22. The summed E-state index contributed by atoms with van der Waals surface area (Å²) in [6, 6.07) is 10.2. The predicted molar refractivity (Wildman–Crippen MR) is 61.0 cm³/mol. The van der Waals surface area contributed by atoms with Crippen LogP contribution < -0.4 is 0 Å². The molecule has 1 atom stereocenters. The van der Waals surface area contributed by atoms with E-state index in [1.54, 1.807) is 0 Å². The van der Waals surface area contributed by atoms with E-state index in [1.807, 2.05) is 25.1 Å². The van der Waals surface area contributed by atoms with Gasteiger partial charge in [0.1, 0.15) is 0 Å². The lowest BCUT2D eigenvalue weighted by atomic mass is 10.1. The maximum Gasteiger partial charge on any atom is 0.0540 e. The Morgan fingerprint density at radius 3 is 2.64 bits per heavy atom. The van der Waals surface area contributed by atoms with Gasteiger partial charge in [-0.25, -0.2) is 0 Å². The fourth-order valence-electron chi connectivity index (χ4n) is 1.28. The maximum absolute atomic E-state index is 9.32. The molecule has 0 aromatic heterocycles. The lowest BCUT2D eigenvalue weighted by Gasteiger charge is -2.03. The molecular weight excluding hydrogens is 172 g/mol. The lowest BCUT2D eigenvalue weighted by Crippen LogP contribution is -2.02. The van der Waals surface area contributed by atoms with Crippen molar-refractivity contribution >= 4 is 6.08 Å². The summed E-state index contributed by atoms with van der Waals surface area (Å²) in [4.78, 5) is 0. The van der Waals surface area contributed by atoms with Gasteiger partial charge >= 0.3 is 0 Å². The molecule has 1 unspecified atom stereocenters. The Kier molecular flexibility index (Phi) is 5.02. The standard InChI is InChI=1S/C13H18O/c1-2-13(14)11-7-6-10-12-8-4-3-5-9-12/h3-6,8-10,13-14H,2,7,11H2,1H3. The van der Waals surface area contributed by atoms with Crippen LogP contribution in [0, 0.1) is 0 Å². The highest BCUT2D eigenvalue weighted by molar-refractivity contribution is 5.48. The summed E-state index contributed by atoms with van der Waals surface area (Å²) in [5.74, 6) is 0. The molecule has 0 bridgehead atoms. The van der Waals surface area contributed by atoms with Crippen molar-refractivity contribution < 1.29 is 5.11 Å². The third-order valence-electron chi connectivity index (χ3n) is 2.25. The van der Waals surface area contributed by atoms with Gasteiger partial charge in [0.2, 0.25) is 0 Å². The van der Waals surface area contributed by atoms with Gasteiger partial charge in [-0.2, -0.15) is 0 Å². The second-order valence-electron chi connectivity index (χ2n) is 3.45. The molecule has 14 heavy (non-hydrogen) atoms. The fraction of sp³-hybridized carbons (Fsp3) is 0.385. The summed E-state index contributed by atoms with van der Waals surface area (Å²) in [5, 5.41) is 9.32. The number of allylic oxidation sites excluding steroid dienone is 1. The molecule has 0 radical (unpaired) electrons. The van der Waals surface area contributed by atoms with E-state index in [0.29, 0.717) is 0 Å². The van der Waals surface area contributed by atoms with Crippen molar-refractivity contribution in [2.75, 3.05) is 0 Å². The summed E-state index contributed by atoms with van der Waals surface area (Å²) >= 11 is 0. The monoisotopic (exact) mass is 190 g/mol. The van der Waals surface area contributed by atoms with Gasteiger partial charge in [0.25, 0.3) is 0 Å². The van der Waals surface area contributed by atoms with Crippen molar-refractivity contribution in [3.8, 4) is 0 Å². The van der Waals surface area contributed by atoms with E-state index in [0.717, 1.165) is 19.3 Å². The lowest BCUT2D eigenvalue weighted by molar-refractivity contribution is 0.161. The Labute approximate surface area is 86.1 Å². The van der Waals surface area contributed by atoms with Crippen LogP contribution in [0.3, 0.4) is 0 Å². The Morgan fingerprint density at radius 2 is 2.00 bits per heavy atom. The van der Waals surface area contributed by atoms with E-state index < -0.39 is 0 Å². The topological polar surface area (TPSA) is 20.2 Å². The molecule has 0 aliphatic carbocycles. The first-order chi connectivity index (χ1) is 6.83. The van der Waals surface area contributed by atoms with Crippen molar-refractivity contribution in [3.05, 3.63) is 42.0 Å². The van der Waals surface area contributed by atoms with Crippen molar-refractivity contribution in [2.45, 2.75) is 32.3 Å². The maximum atomic E-state index is 9.32. The largest absolute Gasteiger partial charge is 0.393 e. The molecule has 0 saturated heterocycles. The molecule has 1 aromatic carbocycles. The van der Waals surface area contributed by atoms with Crippen LogP contribution in [0.2, 0.25) is 0 Å². The number of hydrogen-bond donors (Lipinski definition) is 1. The van der Waals surface area contributed by atoms with E-state index >= 15 is 0 Å². The van der Waals surface area contributed by atoms with Gasteiger partial charge in [-0.15, -0.1) is 0 Å². The van der Waals surface area contributed by atoms with Gasteiger partial charge in [-0.1, -0.05) is 49.4 Å². The van der Waals surface area contributed by atoms with Crippen LogP contribution in [0.4, 0.5) is 0 Å². The minimum Gasteiger partial charge on any atom is -0.393 e. The van der Waals surface area contributed by atoms with E-state index in [9.17, 15) is 5.11 Å². The van der Waals surface area contributed by atoms with Gasteiger partial charge < -0.3 is 5.11 Å². The minimum atomic E-state index is -0.143. The average Bonchev–Trinajstić information content (AvgIpc) is 2.25. The van der Waals surface area contributed by atoms with E-state index in [2.05, 4.69) is 24.3 Å². The molecule has 0 fully saturated rings. The first kappa shape index (κ1) is 11.0. The molecule has 0 aliphatic rings. The van der Waals surface area contributed by atoms with E-state index in [4.69, 9.17) is 0 Å². The van der Waals surface area contributed by atoms with Crippen LogP contribution in [0.5, 0.6) is 0 Å². The highest BCUT2D eigenvalue weighted by atomic mass is 16.3. The Hall–Kier alpha value is -1.08. The van der Waals surface area contributed by atoms with Gasteiger partial charge in [0.05, 0.1) is 6.10 Å². The zero-order valence-electron chi connectivity index (χ0n) is 8.69. The molecule has 1 aromatic rings. The van der Waals surface area contributed by atoms with Crippen LogP contribution in [-0.2, 0) is 0 Å². The van der Waals surface area contributed by atoms with Crippen LogP contribution in [0.25, 0.3) is 6.08 Å². The summed E-state index contributed by atoms with van der Waals surface area (Å²) < 4.78 is 0. The molecule has 1 nitrogen and oxygen atoms in total. The number of rotatable bonds is 5. The third-order valence-corrected chi connectivity index (χ3v) is 2.25. The SMILES string of the molecule is CCC(O)CCC=Cc1ccccc1. The molecule has 0 aliphatic heterocycles. The first-order valence-corrected chi connectivity index (χ1v) is 5.22. The normalized spacial score (nSPS) is 13.3. The van der Waals surface area contributed by atoms with Gasteiger partial charge in [-0.3, -0.25) is 0 Å². The Morgan fingerprint density at radius 1 is 1.29 bits per heavy atom. The number of hydrogen-bond acceptors (Lipinski definition) is 1. The van der Waals surface area contributed by atoms with Crippen LogP contribution in [0.1, 0.15) is 31.7 Å². The third kappa shape index (κ3) is 4.24. The zero-order valence-corrected chi connectivity index (χ0v) is 8.69. The second-order valence-corrected chi connectivity index (χ2v) is 3.45. The second kappa shape index (κ2) is 6.39. The summed E-state index contributed by atoms with van der Waals surface area (Å²) in [7, 11) is 0. The van der Waals surface area contributed by atoms with Gasteiger partial charge in [0, 0.05) is 0 Å². The fourth-order valence-corrected chi connectivity index (χ4v) is 1.28. The molecule has 1 rings (SSSR count). The van der Waals surface area contributed by atoms with Gasteiger partial charge in [-0.05, 0) is 24.8 Å². The van der Waals surface area contributed by atoms with Crippen molar-refractivity contribution in [1.82, 2.24) is 0 Å². The molecule has 0 saturated carbocycles. The zero-order chi connectivity index (χ0) is 10.2. The Bertz CT molecular complexity index is 264. The van der Waals surface area contributed by atoms with Crippen molar-refractivity contribution in [2.24, 2.45) is 0 Å². The number of benzene rings is 1. The minimum absolute atomic E-state index is 0.143. The molecule has 1 N–H and O–H groups in total. The van der Waals surface area contributed by atoms with Crippen LogP contribution in [0.15, 0.2) is 36.4 Å². The smallest absolute Gasteiger partial charge is 0.0540 e. The quantitative estimate of drug-likeness (QED) is 0.755. The molecule has 76 valence electrons. The van der Waals surface area contributed by atoms with Crippen molar-refractivity contribution in [3.63, 3.8) is 0 Å². The number of aliphatic hydroxyl groups is 1. The highest BCUT2D eigenvalue weighted by Crippen LogP contribution is 2.05. The van der Waals surface area contributed by atoms with E-state index in [-0.39, 0.29) is 6.10 Å². The Balaban J connectivity index is 2.28. The summed E-state index contributed by atoms with van der Waals surface area (Å²) in [6.45, 7) is 2.01. The van der Waals surface area contributed by atoms with Crippen LogP contribution >= 0.6 is 0 Å². The summed E-state index contributed by atoms with van der Waals surface area (Å²) in [5.41, 5.74) is 1.22. The summed E-state index contributed by atoms with van der Waals surface area (Å²) in [6.07, 6.45) is 6.73. The van der Waals surface area contributed by atoms with Gasteiger partial charge in [0.15, 0.2) is 0 Å². The average molecular weight is 190 g/mol. The molecular formula is C13H18O. The van der Waals surface area contributed by atoms with E-state index in [1.165, 1.54) is 5.56 Å².